The van der Waals surface area contributed by atoms with Gasteiger partial charge < -0.3 is 5.32 Å². The van der Waals surface area contributed by atoms with Crippen molar-refractivity contribution in [2.45, 2.75) is 10.8 Å². The van der Waals surface area contributed by atoms with Crippen molar-refractivity contribution in [1.29, 1.82) is 0 Å². The first-order valence-electron chi connectivity index (χ1n) is 5.27. The van der Waals surface area contributed by atoms with E-state index in [-0.39, 0.29) is 22.4 Å². The molecule has 2 rings (SSSR count). The highest BCUT2D eigenvalue weighted by molar-refractivity contribution is 7.99. The molecule has 2 heterocycles. The van der Waals surface area contributed by atoms with Crippen LogP contribution < -0.4 is 5.32 Å². The lowest BCUT2D eigenvalue weighted by Crippen LogP contribution is -2.14. The third kappa shape index (κ3) is 3.50. The van der Waals surface area contributed by atoms with Crippen LogP contribution in [0.25, 0.3) is 0 Å². The number of aryl methyl sites for hydroxylation is 1. The third-order valence-electron chi connectivity index (χ3n) is 2.17. The van der Waals surface area contributed by atoms with Crippen molar-refractivity contribution in [2.75, 3.05) is 5.32 Å². The Morgan fingerprint density at radius 3 is 2.89 bits per heavy atom. The summed E-state index contributed by atoms with van der Waals surface area (Å²) >= 11 is 0.238. The average molecular weight is 284 g/mol. The Bertz CT molecular complexity index is 588. The average Bonchev–Trinajstić information content (AvgIpc) is 2.74. The molecule has 0 radical (unpaired) electrons. The number of nitrogens with zero attached hydrogens (tertiary/aromatic N) is 3. The van der Waals surface area contributed by atoms with Crippen molar-refractivity contribution in [3.63, 3.8) is 0 Å². The van der Waals surface area contributed by atoms with Gasteiger partial charge >= 0.3 is 0 Å². The van der Waals surface area contributed by atoms with Crippen LogP contribution in [0.5, 0.6) is 0 Å². The Labute approximate surface area is 112 Å². The van der Waals surface area contributed by atoms with Crippen molar-refractivity contribution in [2.24, 2.45) is 7.05 Å². The Morgan fingerprint density at radius 2 is 2.26 bits per heavy atom. The Balaban J connectivity index is 2.18. The molecule has 0 saturated heterocycles. The Hall–Kier alpha value is -1.96. The van der Waals surface area contributed by atoms with Gasteiger partial charge in [0.15, 0.2) is 5.82 Å². The first-order chi connectivity index (χ1) is 9.06. The van der Waals surface area contributed by atoms with Crippen LogP contribution in [0.3, 0.4) is 0 Å². The largest absolute Gasteiger partial charge is 0.305 e. The Morgan fingerprint density at radius 1 is 1.47 bits per heavy atom. The lowest BCUT2D eigenvalue weighted by Gasteiger charge is -2.06. The molecule has 0 bridgehead atoms. The van der Waals surface area contributed by atoms with Gasteiger partial charge in [-0.25, -0.2) is 4.98 Å². The van der Waals surface area contributed by atoms with E-state index >= 15 is 0 Å². The van der Waals surface area contributed by atoms with Crippen LogP contribution in [-0.4, -0.2) is 26.4 Å². The summed E-state index contributed by atoms with van der Waals surface area (Å²) in [5, 5.41) is 6.49. The third-order valence-corrected chi connectivity index (χ3v) is 2.90. The lowest BCUT2D eigenvalue weighted by molar-refractivity contribution is 0.102. The number of anilines is 1. The predicted molar refractivity (Wildman–Crippen MR) is 67.3 cm³/mol. The number of carbonyl (C=O) groups is 1. The number of thioether (sulfide) groups is 1. The van der Waals surface area contributed by atoms with Crippen LogP contribution in [0.2, 0.25) is 0 Å². The molecule has 0 spiro atoms. The van der Waals surface area contributed by atoms with E-state index in [1.54, 1.807) is 19.3 Å². The minimum Gasteiger partial charge on any atom is -0.305 e. The maximum atomic E-state index is 12.4. The van der Waals surface area contributed by atoms with E-state index < -0.39 is 11.7 Å². The number of alkyl halides is 2. The van der Waals surface area contributed by atoms with Crippen LogP contribution in [-0.2, 0) is 7.05 Å². The van der Waals surface area contributed by atoms with Gasteiger partial charge in [-0.1, -0.05) is 0 Å². The van der Waals surface area contributed by atoms with Gasteiger partial charge in [-0.15, -0.1) is 0 Å². The monoisotopic (exact) mass is 284 g/mol. The first kappa shape index (κ1) is 13.5. The SMILES string of the molecule is Cn1ccc(NC(=O)c2cccnc2SC(F)F)n1. The zero-order valence-corrected chi connectivity index (χ0v) is 10.7. The maximum Gasteiger partial charge on any atom is 0.290 e. The molecule has 5 nitrogen and oxygen atoms in total. The van der Waals surface area contributed by atoms with Crippen molar-refractivity contribution in [3.8, 4) is 0 Å². The van der Waals surface area contributed by atoms with E-state index in [9.17, 15) is 13.6 Å². The van der Waals surface area contributed by atoms with Gasteiger partial charge in [-0.3, -0.25) is 9.48 Å². The molecule has 100 valence electrons. The number of rotatable bonds is 4. The van der Waals surface area contributed by atoms with Crippen LogP contribution in [0.15, 0.2) is 35.6 Å². The highest BCUT2D eigenvalue weighted by atomic mass is 32.2. The van der Waals surface area contributed by atoms with E-state index in [1.165, 1.54) is 23.0 Å². The molecule has 0 aliphatic carbocycles. The lowest BCUT2D eigenvalue weighted by atomic mass is 10.2. The number of amides is 1. The zero-order valence-electron chi connectivity index (χ0n) is 9.88. The van der Waals surface area contributed by atoms with Crippen molar-refractivity contribution < 1.29 is 13.6 Å². The standard InChI is InChI=1S/C11H10F2N4OS/c1-17-6-4-8(16-17)15-9(18)7-3-2-5-14-10(7)19-11(12)13/h2-6,11H,1H3,(H,15,16,18). The fraction of sp³-hybridized carbons (Fsp3) is 0.182. The molecule has 2 aromatic heterocycles. The first-order valence-corrected chi connectivity index (χ1v) is 6.15. The molecule has 0 aliphatic rings. The van der Waals surface area contributed by atoms with E-state index in [1.807, 2.05) is 0 Å². The topological polar surface area (TPSA) is 59.8 Å². The van der Waals surface area contributed by atoms with Gasteiger partial charge in [-0.2, -0.15) is 13.9 Å². The summed E-state index contributed by atoms with van der Waals surface area (Å²) in [5.41, 5.74) is 0.0958. The normalized spacial score (nSPS) is 10.7. The summed E-state index contributed by atoms with van der Waals surface area (Å²) in [5.74, 6) is -2.80. The molecule has 2 aromatic rings. The number of pyridine rings is 1. The molecule has 0 aliphatic heterocycles. The molecule has 0 atom stereocenters. The van der Waals surface area contributed by atoms with Gasteiger partial charge in [0.1, 0.15) is 5.03 Å². The van der Waals surface area contributed by atoms with Crippen LogP contribution in [0.1, 0.15) is 10.4 Å². The highest BCUT2D eigenvalue weighted by Gasteiger charge is 2.17. The van der Waals surface area contributed by atoms with Gasteiger partial charge in [0, 0.05) is 25.5 Å². The number of aromatic nitrogens is 3. The van der Waals surface area contributed by atoms with Gasteiger partial charge in [0.05, 0.1) is 5.56 Å². The molecule has 0 aromatic carbocycles. The van der Waals surface area contributed by atoms with Crippen molar-refractivity contribution >= 4 is 23.5 Å². The summed E-state index contributed by atoms with van der Waals surface area (Å²) in [4.78, 5) is 15.8. The molecule has 1 amide bonds. The fourth-order valence-electron chi connectivity index (χ4n) is 1.41. The van der Waals surface area contributed by atoms with E-state index in [4.69, 9.17) is 0 Å². The quantitative estimate of drug-likeness (QED) is 0.876. The molecule has 0 fully saturated rings. The summed E-state index contributed by atoms with van der Waals surface area (Å²) in [7, 11) is 1.71. The number of hydrogen-bond acceptors (Lipinski definition) is 4. The molecule has 19 heavy (non-hydrogen) atoms. The fourth-order valence-corrected chi connectivity index (χ4v) is 1.99. The zero-order chi connectivity index (χ0) is 13.8. The molecule has 8 heteroatoms. The van der Waals surface area contributed by atoms with Crippen molar-refractivity contribution in [1.82, 2.24) is 14.8 Å². The van der Waals surface area contributed by atoms with E-state index in [0.717, 1.165) is 0 Å². The second-order valence-electron chi connectivity index (χ2n) is 3.56. The summed E-state index contributed by atoms with van der Waals surface area (Å²) in [6.45, 7) is 0. The summed E-state index contributed by atoms with van der Waals surface area (Å²) in [6, 6.07) is 4.56. The van der Waals surface area contributed by atoms with Crippen LogP contribution >= 0.6 is 11.8 Å². The molecular weight excluding hydrogens is 274 g/mol. The minimum atomic E-state index is -2.63. The smallest absolute Gasteiger partial charge is 0.290 e. The van der Waals surface area contributed by atoms with Gasteiger partial charge in [0.25, 0.3) is 11.7 Å². The molecule has 0 unspecified atom stereocenters. The van der Waals surface area contributed by atoms with Gasteiger partial charge in [0.2, 0.25) is 0 Å². The molecule has 1 N–H and O–H groups in total. The number of carbonyl (C=O) groups excluding carboxylic acids is 1. The highest BCUT2D eigenvalue weighted by Crippen LogP contribution is 2.26. The van der Waals surface area contributed by atoms with Crippen LogP contribution in [0.4, 0.5) is 14.6 Å². The minimum absolute atomic E-state index is 0.00840. The second-order valence-corrected chi connectivity index (χ2v) is 4.54. The number of nitrogens with one attached hydrogen (secondary N) is 1. The van der Waals surface area contributed by atoms with Crippen LogP contribution in [0, 0.1) is 0 Å². The predicted octanol–water partition coefficient (Wildman–Crippen LogP) is 2.38. The maximum absolute atomic E-state index is 12.4. The Kier molecular flexibility index (Phi) is 4.10. The van der Waals surface area contributed by atoms with E-state index in [2.05, 4.69) is 15.4 Å². The van der Waals surface area contributed by atoms with Gasteiger partial charge in [-0.05, 0) is 23.9 Å². The summed E-state index contributed by atoms with van der Waals surface area (Å²) < 4.78 is 26.3. The van der Waals surface area contributed by atoms with E-state index in [0.29, 0.717) is 5.82 Å². The molecule has 0 saturated carbocycles. The van der Waals surface area contributed by atoms with Crippen molar-refractivity contribution in [3.05, 3.63) is 36.2 Å². The summed E-state index contributed by atoms with van der Waals surface area (Å²) in [6.07, 6.45) is 3.02. The number of hydrogen-bond donors (Lipinski definition) is 1. The molecular formula is C11H10F2N4OS. The number of halogens is 2. The second kappa shape index (κ2) is 5.79.